The Labute approximate surface area is 142 Å². The van der Waals surface area contributed by atoms with Crippen molar-refractivity contribution in [1.82, 2.24) is 5.32 Å². The van der Waals surface area contributed by atoms with Gasteiger partial charge in [-0.05, 0) is 30.9 Å². The van der Waals surface area contributed by atoms with Gasteiger partial charge < -0.3 is 10.4 Å². The van der Waals surface area contributed by atoms with Crippen molar-refractivity contribution in [2.75, 3.05) is 5.75 Å². The molecule has 1 amide bonds. The Morgan fingerprint density at radius 3 is 2.46 bits per heavy atom. The maximum Gasteiger partial charge on any atom is 0.305 e. The fourth-order valence-electron chi connectivity index (χ4n) is 3.18. The van der Waals surface area contributed by atoms with Crippen LogP contribution in [0.5, 0.6) is 0 Å². The van der Waals surface area contributed by atoms with Crippen LogP contribution in [0.25, 0.3) is 0 Å². The van der Waals surface area contributed by atoms with E-state index in [0.29, 0.717) is 18.4 Å². The van der Waals surface area contributed by atoms with E-state index >= 15 is 0 Å². The van der Waals surface area contributed by atoms with Gasteiger partial charge in [0.15, 0.2) is 9.84 Å². The van der Waals surface area contributed by atoms with Crippen molar-refractivity contribution >= 4 is 21.7 Å². The molecule has 0 bridgehead atoms. The monoisotopic (exact) mass is 353 g/mol. The summed E-state index contributed by atoms with van der Waals surface area (Å²) in [7, 11) is -3.49. The molecule has 7 heteroatoms. The second-order valence-electron chi connectivity index (χ2n) is 6.29. The van der Waals surface area contributed by atoms with Crippen LogP contribution in [0.1, 0.15) is 49.3 Å². The van der Waals surface area contributed by atoms with E-state index in [9.17, 15) is 18.0 Å². The Hall–Kier alpha value is -1.89. The van der Waals surface area contributed by atoms with Crippen LogP contribution in [-0.4, -0.2) is 36.4 Å². The molecule has 1 aliphatic carbocycles. The highest BCUT2D eigenvalue weighted by Gasteiger charge is 2.31. The zero-order valence-corrected chi connectivity index (χ0v) is 14.5. The van der Waals surface area contributed by atoms with Crippen molar-refractivity contribution in [2.45, 2.75) is 50.3 Å². The minimum Gasteiger partial charge on any atom is -0.481 e. The molecule has 0 aliphatic heterocycles. The van der Waals surface area contributed by atoms with Gasteiger partial charge in [0, 0.05) is 0 Å². The van der Waals surface area contributed by atoms with Gasteiger partial charge in [-0.3, -0.25) is 9.59 Å². The first kappa shape index (κ1) is 18.4. The quantitative estimate of drug-likeness (QED) is 0.781. The van der Waals surface area contributed by atoms with E-state index in [1.807, 2.05) is 19.1 Å². The predicted molar refractivity (Wildman–Crippen MR) is 90.4 cm³/mol. The van der Waals surface area contributed by atoms with Gasteiger partial charge in [-0.2, -0.15) is 0 Å². The molecule has 24 heavy (non-hydrogen) atoms. The van der Waals surface area contributed by atoms with Crippen LogP contribution in [0.3, 0.4) is 0 Å². The molecular weight excluding hydrogens is 330 g/mol. The summed E-state index contributed by atoms with van der Waals surface area (Å²) >= 11 is 0. The first-order valence-electron chi connectivity index (χ1n) is 8.08. The second-order valence-corrected chi connectivity index (χ2v) is 8.57. The zero-order valence-electron chi connectivity index (χ0n) is 13.7. The van der Waals surface area contributed by atoms with Crippen LogP contribution in [-0.2, 0) is 19.4 Å². The SMILES string of the molecule is Cc1ccccc1C(CC(=O)O)NC(=O)CS(=O)(=O)C1CCCC1. The number of hydrogen-bond acceptors (Lipinski definition) is 4. The summed E-state index contributed by atoms with van der Waals surface area (Å²) in [6.45, 7) is 1.83. The van der Waals surface area contributed by atoms with E-state index in [4.69, 9.17) is 5.11 Å². The first-order valence-corrected chi connectivity index (χ1v) is 9.79. The number of carbonyl (C=O) groups is 2. The number of carboxylic acids is 1. The van der Waals surface area contributed by atoms with Gasteiger partial charge in [0.05, 0.1) is 17.7 Å². The van der Waals surface area contributed by atoms with Crippen molar-refractivity contribution in [1.29, 1.82) is 0 Å². The fraction of sp³-hybridized carbons (Fsp3) is 0.529. The molecule has 2 rings (SSSR count). The first-order chi connectivity index (χ1) is 11.3. The zero-order chi connectivity index (χ0) is 17.7. The molecule has 0 spiro atoms. The van der Waals surface area contributed by atoms with Gasteiger partial charge in [-0.1, -0.05) is 37.1 Å². The third kappa shape index (κ3) is 4.80. The van der Waals surface area contributed by atoms with Gasteiger partial charge in [-0.15, -0.1) is 0 Å². The van der Waals surface area contributed by atoms with Crippen LogP contribution in [0.4, 0.5) is 0 Å². The highest BCUT2D eigenvalue weighted by atomic mass is 32.2. The molecule has 0 heterocycles. The number of hydrogen-bond donors (Lipinski definition) is 2. The third-order valence-electron chi connectivity index (χ3n) is 4.42. The summed E-state index contributed by atoms with van der Waals surface area (Å²) in [5.74, 6) is -2.28. The lowest BCUT2D eigenvalue weighted by Crippen LogP contribution is -2.37. The Balaban J connectivity index is 2.10. The molecule has 2 N–H and O–H groups in total. The summed E-state index contributed by atoms with van der Waals surface area (Å²) in [5, 5.41) is 11.2. The standard InChI is InChI=1S/C17H23NO5S/c1-12-6-2-5-9-14(12)15(10-17(20)21)18-16(19)11-24(22,23)13-7-3-4-8-13/h2,5-6,9,13,15H,3-4,7-8,10-11H2,1H3,(H,18,19)(H,20,21). The lowest BCUT2D eigenvalue weighted by Gasteiger charge is -2.20. The van der Waals surface area contributed by atoms with Crippen molar-refractivity contribution in [3.8, 4) is 0 Å². The number of aryl methyl sites for hydroxylation is 1. The minimum absolute atomic E-state index is 0.292. The van der Waals surface area contributed by atoms with E-state index in [2.05, 4.69) is 5.32 Å². The number of sulfone groups is 1. The van der Waals surface area contributed by atoms with E-state index < -0.39 is 38.8 Å². The third-order valence-corrected chi connectivity index (χ3v) is 6.57. The van der Waals surface area contributed by atoms with Crippen molar-refractivity contribution < 1.29 is 23.1 Å². The minimum atomic E-state index is -3.49. The highest BCUT2D eigenvalue weighted by Crippen LogP contribution is 2.25. The molecule has 1 aliphatic rings. The molecule has 1 unspecified atom stereocenters. The second kappa shape index (κ2) is 7.79. The molecule has 6 nitrogen and oxygen atoms in total. The number of nitrogens with one attached hydrogen (secondary N) is 1. The lowest BCUT2D eigenvalue weighted by atomic mass is 9.99. The molecule has 0 saturated heterocycles. The molecule has 0 aromatic heterocycles. The summed E-state index contributed by atoms with van der Waals surface area (Å²) in [4.78, 5) is 23.3. The largest absolute Gasteiger partial charge is 0.481 e. The van der Waals surface area contributed by atoms with E-state index in [1.54, 1.807) is 12.1 Å². The maximum atomic E-state index is 12.3. The Morgan fingerprint density at radius 1 is 1.25 bits per heavy atom. The molecule has 1 atom stereocenters. The van der Waals surface area contributed by atoms with Gasteiger partial charge in [0.25, 0.3) is 0 Å². The van der Waals surface area contributed by atoms with Gasteiger partial charge in [-0.25, -0.2) is 8.42 Å². The average Bonchev–Trinajstić information content (AvgIpc) is 3.01. The van der Waals surface area contributed by atoms with Crippen molar-refractivity contribution in [3.63, 3.8) is 0 Å². The molecule has 1 fully saturated rings. The van der Waals surface area contributed by atoms with Crippen LogP contribution in [0.2, 0.25) is 0 Å². The molecule has 1 saturated carbocycles. The highest BCUT2D eigenvalue weighted by molar-refractivity contribution is 7.92. The number of benzene rings is 1. The molecular formula is C17H23NO5S. The molecule has 132 valence electrons. The normalized spacial score (nSPS) is 16.7. The Morgan fingerprint density at radius 2 is 1.88 bits per heavy atom. The van der Waals surface area contributed by atoms with Gasteiger partial charge >= 0.3 is 5.97 Å². The summed E-state index contributed by atoms with van der Waals surface area (Å²) in [5.41, 5.74) is 1.54. The molecule has 1 aromatic carbocycles. The number of amides is 1. The van der Waals surface area contributed by atoms with Gasteiger partial charge in [0.2, 0.25) is 5.91 Å². The topological polar surface area (TPSA) is 101 Å². The van der Waals surface area contributed by atoms with Crippen LogP contribution in [0, 0.1) is 6.92 Å². The van der Waals surface area contributed by atoms with E-state index in [-0.39, 0.29) is 6.42 Å². The molecule has 1 aromatic rings. The number of carboxylic acid groups (broad SMARTS) is 1. The average molecular weight is 353 g/mol. The number of aliphatic carboxylic acids is 1. The summed E-state index contributed by atoms with van der Waals surface area (Å²) < 4.78 is 24.5. The van der Waals surface area contributed by atoms with Gasteiger partial charge in [0.1, 0.15) is 5.75 Å². The number of rotatable bonds is 7. The van der Waals surface area contributed by atoms with Crippen LogP contribution >= 0.6 is 0 Å². The maximum absolute atomic E-state index is 12.3. The van der Waals surface area contributed by atoms with Crippen LogP contribution in [0.15, 0.2) is 24.3 Å². The summed E-state index contributed by atoms with van der Waals surface area (Å²) in [6, 6.07) is 6.41. The van der Waals surface area contributed by atoms with E-state index in [0.717, 1.165) is 18.4 Å². The smallest absolute Gasteiger partial charge is 0.305 e. The Bertz CT molecular complexity index is 707. The Kier molecular flexibility index (Phi) is 5.99. The summed E-state index contributed by atoms with van der Waals surface area (Å²) in [6.07, 6.45) is 2.66. The van der Waals surface area contributed by atoms with Crippen molar-refractivity contribution in [2.24, 2.45) is 0 Å². The van der Waals surface area contributed by atoms with Crippen molar-refractivity contribution in [3.05, 3.63) is 35.4 Å². The predicted octanol–water partition coefficient (Wildman–Crippen LogP) is 1.98. The van der Waals surface area contributed by atoms with E-state index in [1.165, 1.54) is 0 Å². The molecule has 0 radical (unpaired) electrons. The van der Waals surface area contributed by atoms with Crippen LogP contribution < -0.4 is 5.32 Å². The lowest BCUT2D eigenvalue weighted by molar-refractivity contribution is -0.137. The fourth-order valence-corrected chi connectivity index (χ4v) is 4.91. The number of carbonyl (C=O) groups excluding carboxylic acids is 1.